The summed E-state index contributed by atoms with van der Waals surface area (Å²) in [6, 6.07) is 8.90. The van der Waals surface area contributed by atoms with Crippen molar-refractivity contribution in [3.63, 3.8) is 0 Å². The van der Waals surface area contributed by atoms with Crippen LogP contribution in [0.2, 0.25) is 0 Å². The molecule has 1 aromatic carbocycles. The summed E-state index contributed by atoms with van der Waals surface area (Å²) in [7, 11) is -1.26. The fraction of sp³-hybridized carbons (Fsp3) is 0.444. The molecule has 1 aliphatic rings. The molecule has 3 rings (SSSR count). The van der Waals surface area contributed by atoms with Crippen LogP contribution in [0.3, 0.4) is 0 Å². The number of ether oxygens (including phenoxy) is 1. The zero-order valence-corrected chi connectivity index (χ0v) is 15.4. The Morgan fingerprint density at radius 2 is 2.23 bits per heavy atom. The van der Waals surface area contributed by atoms with E-state index < -0.39 is 9.84 Å². The molecule has 2 heterocycles. The first-order valence-corrected chi connectivity index (χ1v) is 10.4. The fourth-order valence-electron chi connectivity index (χ4n) is 3.08. The molecule has 1 aromatic heterocycles. The van der Waals surface area contributed by atoms with Crippen molar-refractivity contribution in [1.29, 1.82) is 0 Å². The van der Waals surface area contributed by atoms with Gasteiger partial charge in [0.05, 0.1) is 18.6 Å². The number of benzene rings is 1. The van der Waals surface area contributed by atoms with Gasteiger partial charge in [-0.3, -0.25) is 4.79 Å². The zero-order chi connectivity index (χ0) is 18.6. The first kappa shape index (κ1) is 18.4. The first-order valence-electron chi connectivity index (χ1n) is 8.56. The molecule has 1 saturated heterocycles. The van der Waals surface area contributed by atoms with E-state index in [-0.39, 0.29) is 29.0 Å². The minimum absolute atomic E-state index is 0.212. The van der Waals surface area contributed by atoms with Crippen molar-refractivity contribution in [2.24, 2.45) is 5.92 Å². The third-order valence-electron chi connectivity index (χ3n) is 4.50. The fourth-order valence-corrected chi connectivity index (χ4v) is 4.99. The molecule has 1 aliphatic heterocycles. The molecule has 0 radical (unpaired) electrons. The van der Waals surface area contributed by atoms with E-state index in [0.717, 1.165) is 24.8 Å². The number of carbonyl (C=O) groups is 1. The van der Waals surface area contributed by atoms with Crippen molar-refractivity contribution in [2.45, 2.75) is 19.3 Å². The van der Waals surface area contributed by atoms with Crippen molar-refractivity contribution in [2.75, 3.05) is 25.2 Å². The molecule has 1 N–H and O–H groups in total. The molecule has 0 aliphatic carbocycles. The molecule has 1 atom stereocenters. The number of sulfone groups is 1. The Kier molecular flexibility index (Phi) is 5.61. The monoisotopic (exact) mass is 378 g/mol. The molecule has 1 fully saturated rings. The van der Waals surface area contributed by atoms with Gasteiger partial charge in [-0.15, -0.1) is 0 Å². The van der Waals surface area contributed by atoms with E-state index in [1.807, 2.05) is 18.2 Å². The van der Waals surface area contributed by atoms with E-state index in [4.69, 9.17) is 9.26 Å². The Bertz CT molecular complexity index is 875. The summed E-state index contributed by atoms with van der Waals surface area (Å²) in [5.74, 6) is 1.65. The molecule has 0 bridgehead atoms. The quantitative estimate of drug-likeness (QED) is 0.742. The highest BCUT2D eigenvalue weighted by molar-refractivity contribution is 7.91. The lowest BCUT2D eigenvalue weighted by Gasteiger charge is -2.07. The molecule has 2 aromatic rings. The number of amides is 1. The second-order valence-electron chi connectivity index (χ2n) is 6.48. The number of hydrogen-bond acceptors (Lipinski definition) is 6. The standard InChI is InChI=1S/C18H22N2O5S/c1-24-15-6-2-5-14(10-15)17-11-16(20-25-17)18(21)19-8-3-4-13-7-9-26(22,23)12-13/h2,5-6,10-11,13H,3-4,7-9,12H2,1H3,(H,19,21). The Labute approximate surface area is 152 Å². The summed E-state index contributed by atoms with van der Waals surface area (Å²) < 4.78 is 33.3. The van der Waals surface area contributed by atoms with Crippen molar-refractivity contribution in [3.8, 4) is 17.1 Å². The smallest absolute Gasteiger partial charge is 0.273 e. The number of hydrogen-bond donors (Lipinski definition) is 1. The van der Waals surface area contributed by atoms with E-state index in [9.17, 15) is 13.2 Å². The van der Waals surface area contributed by atoms with E-state index in [1.165, 1.54) is 0 Å². The van der Waals surface area contributed by atoms with Gasteiger partial charge in [-0.05, 0) is 37.3 Å². The van der Waals surface area contributed by atoms with Crippen molar-refractivity contribution < 1.29 is 22.5 Å². The molecule has 26 heavy (non-hydrogen) atoms. The van der Waals surface area contributed by atoms with Gasteiger partial charge < -0.3 is 14.6 Å². The third kappa shape index (κ3) is 4.63. The molecule has 0 saturated carbocycles. The van der Waals surface area contributed by atoms with Gasteiger partial charge in [-0.1, -0.05) is 17.3 Å². The van der Waals surface area contributed by atoms with Gasteiger partial charge in [0.1, 0.15) is 5.75 Å². The third-order valence-corrected chi connectivity index (χ3v) is 6.34. The van der Waals surface area contributed by atoms with E-state index in [1.54, 1.807) is 19.2 Å². The first-order chi connectivity index (χ1) is 12.5. The predicted octanol–water partition coefficient (Wildman–Crippen LogP) is 2.29. The summed E-state index contributed by atoms with van der Waals surface area (Å²) >= 11 is 0. The molecular weight excluding hydrogens is 356 g/mol. The van der Waals surface area contributed by atoms with Crippen LogP contribution < -0.4 is 10.1 Å². The van der Waals surface area contributed by atoms with Crippen molar-refractivity contribution in [1.82, 2.24) is 10.5 Å². The Hall–Kier alpha value is -2.35. The lowest BCUT2D eigenvalue weighted by molar-refractivity contribution is 0.0943. The van der Waals surface area contributed by atoms with Gasteiger partial charge in [-0.2, -0.15) is 0 Å². The van der Waals surface area contributed by atoms with Crippen molar-refractivity contribution in [3.05, 3.63) is 36.0 Å². The van der Waals surface area contributed by atoms with Crippen LogP contribution in [0.5, 0.6) is 5.75 Å². The molecule has 8 heteroatoms. The second kappa shape index (κ2) is 7.90. The Morgan fingerprint density at radius 3 is 2.96 bits per heavy atom. The highest BCUT2D eigenvalue weighted by atomic mass is 32.2. The Balaban J connectivity index is 1.49. The molecule has 140 valence electrons. The largest absolute Gasteiger partial charge is 0.497 e. The maximum atomic E-state index is 12.2. The lowest BCUT2D eigenvalue weighted by Crippen LogP contribution is -2.25. The summed E-state index contributed by atoms with van der Waals surface area (Å²) in [4.78, 5) is 12.2. The average Bonchev–Trinajstić information content (AvgIpc) is 3.25. The van der Waals surface area contributed by atoms with Crippen molar-refractivity contribution >= 4 is 15.7 Å². The van der Waals surface area contributed by atoms with Crippen LogP contribution in [0.4, 0.5) is 0 Å². The van der Waals surface area contributed by atoms with Gasteiger partial charge >= 0.3 is 0 Å². The highest BCUT2D eigenvalue weighted by Crippen LogP contribution is 2.25. The van der Waals surface area contributed by atoms with Gasteiger partial charge in [0.25, 0.3) is 5.91 Å². The zero-order valence-electron chi connectivity index (χ0n) is 14.6. The minimum Gasteiger partial charge on any atom is -0.497 e. The lowest BCUT2D eigenvalue weighted by atomic mass is 10.0. The number of methoxy groups -OCH3 is 1. The topological polar surface area (TPSA) is 98.5 Å². The number of nitrogens with one attached hydrogen (secondary N) is 1. The number of rotatable bonds is 7. The SMILES string of the molecule is COc1cccc(-c2cc(C(=O)NCCCC3CCS(=O)(=O)C3)no2)c1. The van der Waals surface area contributed by atoms with Gasteiger partial charge in [0.2, 0.25) is 0 Å². The molecule has 1 unspecified atom stereocenters. The molecule has 7 nitrogen and oxygen atoms in total. The molecular formula is C18H22N2O5S. The number of aromatic nitrogens is 1. The van der Waals surface area contributed by atoms with Crippen LogP contribution in [0, 0.1) is 5.92 Å². The number of carbonyl (C=O) groups excluding carboxylic acids is 1. The summed E-state index contributed by atoms with van der Waals surface area (Å²) in [5.41, 5.74) is 0.990. The summed E-state index contributed by atoms with van der Waals surface area (Å²) in [5, 5.41) is 6.61. The van der Waals surface area contributed by atoms with Gasteiger partial charge in [0.15, 0.2) is 21.3 Å². The van der Waals surface area contributed by atoms with E-state index in [2.05, 4.69) is 10.5 Å². The van der Waals surface area contributed by atoms with Crippen LogP contribution in [0.25, 0.3) is 11.3 Å². The Morgan fingerprint density at radius 1 is 1.38 bits per heavy atom. The van der Waals surface area contributed by atoms with E-state index in [0.29, 0.717) is 18.1 Å². The summed E-state index contributed by atoms with van der Waals surface area (Å²) in [6.45, 7) is 0.483. The second-order valence-corrected chi connectivity index (χ2v) is 8.70. The minimum atomic E-state index is -2.84. The van der Waals surface area contributed by atoms with Crippen LogP contribution >= 0.6 is 0 Å². The van der Waals surface area contributed by atoms with Crippen LogP contribution in [-0.2, 0) is 9.84 Å². The van der Waals surface area contributed by atoms with Crippen LogP contribution in [0.15, 0.2) is 34.9 Å². The predicted molar refractivity (Wildman–Crippen MR) is 96.8 cm³/mol. The maximum Gasteiger partial charge on any atom is 0.273 e. The number of nitrogens with zero attached hydrogens (tertiary/aromatic N) is 1. The van der Waals surface area contributed by atoms with E-state index >= 15 is 0 Å². The normalized spacial score (nSPS) is 18.6. The van der Waals surface area contributed by atoms with Crippen LogP contribution in [0.1, 0.15) is 29.8 Å². The maximum absolute atomic E-state index is 12.2. The van der Waals surface area contributed by atoms with Gasteiger partial charge in [0, 0.05) is 18.2 Å². The molecule has 0 spiro atoms. The highest BCUT2D eigenvalue weighted by Gasteiger charge is 2.27. The average molecular weight is 378 g/mol. The van der Waals surface area contributed by atoms with Gasteiger partial charge in [-0.25, -0.2) is 8.42 Å². The summed E-state index contributed by atoms with van der Waals surface area (Å²) in [6.07, 6.45) is 2.27. The van der Waals surface area contributed by atoms with Crippen LogP contribution in [-0.4, -0.2) is 44.6 Å². The molecule has 1 amide bonds.